The van der Waals surface area contributed by atoms with Crippen molar-refractivity contribution >= 4 is 11.3 Å². The number of pyridine rings is 1. The summed E-state index contributed by atoms with van der Waals surface area (Å²) in [5, 5.41) is 14.5. The smallest absolute Gasteiger partial charge is 0.0711 e. The predicted octanol–water partition coefficient (Wildman–Crippen LogP) is 2.18. The zero-order chi connectivity index (χ0) is 13.1. The molecule has 2 aromatic rings. The van der Waals surface area contributed by atoms with Gasteiger partial charge in [-0.05, 0) is 40.9 Å². The zero-order valence-electron chi connectivity index (χ0n) is 10.8. The Morgan fingerprint density at radius 1 is 1.32 bits per heavy atom. The molecule has 1 fully saturated rings. The quantitative estimate of drug-likeness (QED) is 0.928. The van der Waals surface area contributed by atoms with E-state index in [2.05, 4.69) is 26.7 Å². The highest BCUT2D eigenvalue weighted by Gasteiger charge is 2.31. The topological polar surface area (TPSA) is 36.4 Å². The summed E-state index contributed by atoms with van der Waals surface area (Å²) < 4.78 is 0. The molecular formula is C15H18N2OS. The Morgan fingerprint density at radius 3 is 3.00 bits per heavy atom. The monoisotopic (exact) mass is 274 g/mol. The van der Waals surface area contributed by atoms with Gasteiger partial charge in [-0.3, -0.25) is 9.88 Å². The van der Waals surface area contributed by atoms with Crippen LogP contribution in [-0.2, 0) is 13.0 Å². The van der Waals surface area contributed by atoms with Gasteiger partial charge in [0.25, 0.3) is 0 Å². The number of β-amino-alcohol motifs (C(OH)–C–C–N with tert-alkyl or cyclic N) is 1. The molecule has 1 aliphatic rings. The van der Waals surface area contributed by atoms with Crippen LogP contribution in [0.3, 0.4) is 0 Å². The van der Waals surface area contributed by atoms with Crippen molar-refractivity contribution in [2.24, 2.45) is 5.92 Å². The Morgan fingerprint density at radius 2 is 2.26 bits per heavy atom. The first-order valence-electron chi connectivity index (χ1n) is 6.62. The van der Waals surface area contributed by atoms with Gasteiger partial charge in [-0.15, -0.1) is 0 Å². The summed E-state index contributed by atoms with van der Waals surface area (Å²) in [6, 6.07) is 8.13. The van der Waals surface area contributed by atoms with Crippen molar-refractivity contribution in [3.63, 3.8) is 0 Å². The van der Waals surface area contributed by atoms with Gasteiger partial charge in [0.1, 0.15) is 0 Å². The summed E-state index contributed by atoms with van der Waals surface area (Å²) in [6.07, 6.45) is 2.45. The van der Waals surface area contributed by atoms with Crippen LogP contribution >= 0.6 is 11.3 Å². The van der Waals surface area contributed by atoms with Gasteiger partial charge in [-0.2, -0.15) is 11.3 Å². The maximum absolute atomic E-state index is 10.2. The van der Waals surface area contributed by atoms with Crippen LogP contribution in [0, 0.1) is 5.92 Å². The molecule has 3 nitrogen and oxygen atoms in total. The Labute approximate surface area is 117 Å². The third-order valence-corrected chi connectivity index (χ3v) is 4.40. The van der Waals surface area contributed by atoms with Crippen molar-refractivity contribution in [3.05, 3.63) is 52.5 Å². The van der Waals surface area contributed by atoms with Crippen molar-refractivity contribution in [2.75, 3.05) is 13.1 Å². The van der Waals surface area contributed by atoms with E-state index in [0.717, 1.165) is 31.7 Å². The van der Waals surface area contributed by atoms with Crippen molar-refractivity contribution < 1.29 is 5.11 Å². The molecule has 0 spiro atoms. The van der Waals surface area contributed by atoms with E-state index in [1.807, 2.05) is 24.4 Å². The third kappa shape index (κ3) is 3.21. The second-order valence-corrected chi connectivity index (χ2v) is 5.96. The van der Waals surface area contributed by atoms with Gasteiger partial charge in [0.2, 0.25) is 0 Å². The van der Waals surface area contributed by atoms with Crippen LogP contribution < -0.4 is 0 Å². The lowest BCUT2D eigenvalue weighted by Gasteiger charge is -2.14. The van der Waals surface area contributed by atoms with Crippen LogP contribution in [0.5, 0.6) is 0 Å². The molecule has 1 N–H and O–H groups in total. The number of thiophene rings is 1. The molecule has 0 aromatic carbocycles. The lowest BCUT2D eigenvalue weighted by atomic mass is 10.00. The Hall–Kier alpha value is -1.23. The molecule has 0 aliphatic carbocycles. The van der Waals surface area contributed by atoms with Crippen molar-refractivity contribution in [1.29, 1.82) is 0 Å². The normalized spacial score (nSPS) is 23.8. The van der Waals surface area contributed by atoms with Crippen LogP contribution in [0.15, 0.2) is 41.2 Å². The third-order valence-electron chi connectivity index (χ3n) is 3.67. The molecule has 0 radical (unpaired) electrons. The number of aliphatic hydroxyl groups is 1. The number of aliphatic hydroxyl groups excluding tert-OH is 1. The SMILES string of the molecule is O[C@@H]1CN(Cc2ccsc2)C[C@H]1Cc1ccccn1. The van der Waals surface area contributed by atoms with Gasteiger partial charge in [0.15, 0.2) is 0 Å². The van der Waals surface area contributed by atoms with Crippen molar-refractivity contribution in [1.82, 2.24) is 9.88 Å². The highest BCUT2D eigenvalue weighted by atomic mass is 32.1. The minimum absolute atomic E-state index is 0.236. The summed E-state index contributed by atoms with van der Waals surface area (Å²) in [5.74, 6) is 0.300. The van der Waals surface area contributed by atoms with Gasteiger partial charge in [0.05, 0.1) is 6.10 Å². The van der Waals surface area contributed by atoms with Gasteiger partial charge < -0.3 is 5.11 Å². The number of aromatic nitrogens is 1. The summed E-state index contributed by atoms with van der Waals surface area (Å²) in [7, 11) is 0. The first kappa shape index (κ1) is 12.8. The van der Waals surface area contributed by atoms with Crippen LogP contribution in [0.1, 0.15) is 11.3 Å². The molecular weight excluding hydrogens is 256 g/mol. The van der Waals surface area contributed by atoms with Crippen LogP contribution in [0.25, 0.3) is 0 Å². The number of rotatable bonds is 4. The van der Waals surface area contributed by atoms with Gasteiger partial charge in [0, 0.05) is 37.4 Å². The van der Waals surface area contributed by atoms with E-state index in [0.29, 0.717) is 5.92 Å². The summed E-state index contributed by atoms with van der Waals surface area (Å²) in [6.45, 7) is 2.67. The number of hydrogen-bond donors (Lipinski definition) is 1. The van der Waals surface area contributed by atoms with E-state index >= 15 is 0 Å². The van der Waals surface area contributed by atoms with Crippen molar-refractivity contribution in [2.45, 2.75) is 19.1 Å². The average molecular weight is 274 g/mol. The average Bonchev–Trinajstić information content (AvgIpc) is 3.02. The highest BCUT2D eigenvalue weighted by Crippen LogP contribution is 2.23. The van der Waals surface area contributed by atoms with E-state index in [-0.39, 0.29) is 6.10 Å². The summed E-state index contributed by atoms with van der Waals surface area (Å²) in [4.78, 5) is 6.68. The van der Waals surface area contributed by atoms with E-state index in [9.17, 15) is 5.11 Å². The first-order valence-corrected chi connectivity index (χ1v) is 7.57. The lowest BCUT2D eigenvalue weighted by Crippen LogP contribution is -2.21. The summed E-state index contributed by atoms with van der Waals surface area (Å²) >= 11 is 1.73. The Bertz CT molecular complexity index is 500. The molecule has 1 saturated heterocycles. The van der Waals surface area contributed by atoms with Crippen LogP contribution in [0.4, 0.5) is 0 Å². The Kier molecular flexibility index (Phi) is 3.92. The molecule has 3 heterocycles. The number of hydrogen-bond acceptors (Lipinski definition) is 4. The maximum Gasteiger partial charge on any atom is 0.0711 e. The largest absolute Gasteiger partial charge is 0.391 e. The predicted molar refractivity (Wildman–Crippen MR) is 77.0 cm³/mol. The molecule has 0 bridgehead atoms. The van der Waals surface area contributed by atoms with E-state index in [1.165, 1.54) is 5.56 Å². The number of nitrogens with zero attached hydrogens (tertiary/aromatic N) is 2. The molecule has 4 heteroatoms. The molecule has 0 unspecified atom stereocenters. The second-order valence-electron chi connectivity index (χ2n) is 5.18. The minimum atomic E-state index is -0.236. The molecule has 2 atom stereocenters. The molecule has 19 heavy (non-hydrogen) atoms. The minimum Gasteiger partial charge on any atom is -0.391 e. The fourth-order valence-electron chi connectivity index (χ4n) is 2.70. The Balaban J connectivity index is 1.59. The van der Waals surface area contributed by atoms with Gasteiger partial charge in [-0.1, -0.05) is 6.07 Å². The van der Waals surface area contributed by atoms with Crippen molar-refractivity contribution in [3.8, 4) is 0 Å². The van der Waals surface area contributed by atoms with Gasteiger partial charge in [-0.25, -0.2) is 0 Å². The molecule has 2 aromatic heterocycles. The highest BCUT2D eigenvalue weighted by molar-refractivity contribution is 7.07. The molecule has 3 rings (SSSR count). The maximum atomic E-state index is 10.2. The van der Waals surface area contributed by atoms with E-state index < -0.39 is 0 Å². The lowest BCUT2D eigenvalue weighted by molar-refractivity contribution is 0.140. The van der Waals surface area contributed by atoms with Crippen LogP contribution in [0.2, 0.25) is 0 Å². The van der Waals surface area contributed by atoms with E-state index in [1.54, 1.807) is 11.3 Å². The molecule has 100 valence electrons. The molecule has 0 amide bonds. The standard InChI is InChI=1S/C15H18N2OS/c18-15-10-17(8-12-4-6-19-11-12)9-13(15)7-14-3-1-2-5-16-14/h1-6,11,13,15,18H,7-10H2/t13-,15-/m1/s1. The number of likely N-dealkylation sites (tertiary alicyclic amines) is 1. The van der Waals surface area contributed by atoms with Gasteiger partial charge >= 0.3 is 0 Å². The summed E-state index contributed by atoms with van der Waals surface area (Å²) in [5.41, 5.74) is 2.42. The van der Waals surface area contributed by atoms with E-state index in [4.69, 9.17) is 0 Å². The molecule has 0 saturated carbocycles. The fraction of sp³-hybridized carbons (Fsp3) is 0.400. The second kappa shape index (κ2) is 5.82. The fourth-order valence-corrected chi connectivity index (χ4v) is 3.36. The van der Waals surface area contributed by atoms with Crippen LogP contribution in [-0.4, -0.2) is 34.2 Å². The first-order chi connectivity index (χ1) is 9.31. The molecule has 1 aliphatic heterocycles. The zero-order valence-corrected chi connectivity index (χ0v) is 11.6.